The molecule has 0 spiro atoms. The summed E-state index contributed by atoms with van der Waals surface area (Å²) in [6, 6.07) is 16.8. The second kappa shape index (κ2) is 10.0. The number of hydrogen-bond acceptors (Lipinski definition) is 5. The molecule has 0 saturated carbocycles. The number of nitrogens with zero attached hydrogens (tertiary/aromatic N) is 2. The lowest BCUT2D eigenvalue weighted by Crippen LogP contribution is -2.30. The van der Waals surface area contributed by atoms with Gasteiger partial charge in [-0.05, 0) is 17.0 Å². The van der Waals surface area contributed by atoms with Crippen LogP contribution in [0.3, 0.4) is 0 Å². The molecule has 28 heavy (non-hydrogen) atoms. The zero-order valence-electron chi connectivity index (χ0n) is 16.0. The highest BCUT2D eigenvalue weighted by Crippen LogP contribution is 2.24. The maximum Gasteiger partial charge on any atom is 0.254 e. The number of hydrogen-bond donors (Lipinski definition) is 2. The Labute approximate surface area is 170 Å². The van der Waals surface area contributed by atoms with E-state index in [9.17, 15) is 4.79 Å². The number of benzene rings is 2. The highest BCUT2D eigenvalue weighted by atomic mass is 35.5. The van der Waals surface area contributed by atoms with Crippen molar-refractivity contribution in [2.75, 3.05) is 0 Å². The van der Waals surface area contributed by atoms with E-state index in [0.29, 0.717) is 24.7 Å². The lowest BCUT2D eigenvalue weighted by molar-refractivity contribution is -0.122. The second-order valence-electron chi connectivity index (χ2n) is 6.87. The molecule has 0 aliphatic rings. The Balaban J connectivity index is 0.00000280. The van der Waals surface area contributed by atoms with Crippen molar-refractivity contribution in [2.24, 2.45) is 11.7 Å². The lowest BCUT2D eigenvalue weighted by Gasteiger charge is -2.16. The van der Waals surface area contributed by atoms with Crippen LogP contribution >= 0.6 is 12.4 Å². The number of amides is 1. The molecule has 7 heteroatoms. The van der Waals surface area contributed by atoms with Crippen molar-refractivity contribution >= 4 is 18.3 Å². The Hall–Kier alpha value is -2.70. The summed E-state index contributed by atoms with van der Waals surface area (Å²) in [7, 11) is 0. The predicted molar refractivity (Wildman–Crippen MR) is 111 cm³/mol. The van der Waals surface area contributed by atoms with Gasteiger partial charge in [0.15, 0.2) is 0 Å². The van der Waals surface area contributed by atoms with Gasteiger partial charge in [-0.3, -0.25) is 4.79 Å². The van der Waals surface area contributed by atoms with E-state index in [2.05, 4.69) is 15.5 Å². The fraction of sp³-hybridized carbons (Fsp3) is 0.286. The fourth-order valence-electron chi connectivity index (χ4n) is 2.78. The average molecular weight is 401 g/mol. The van der Waals surface area contributed by atoms with Gasteiger partial charge in [0, 0.05) is 18.5 Å². The molecule has 3 N–H and O–H groups in total. The van der Waals surface area contributed by atoms with Crippen LogP contribution in [0.4, 0.5) is 0 Å². The monoisotopic (exact) mass is 400 g/mol. The Morgan fingerprint density at radius 3 is 2.39 bits per heavy atom. The summed E-state index contributed by atoms with van der Waals surface area (Å²) in [6.07, 6.45) is 0.435. The van der Waals surface area contributed by atoms with Crippen LogP contribution in [0.25, 0.3) is 11.4 Å². The van der Waals surface area contributed by atoms with E-state index < -0.39 is 6.04 Å². The van der Waals surface area contributed by atoms with Crippen LogP contribution in [-0.2, 0) is 11.3 Å². The van der Waals surface area contributed by atoms with Gasteiger partial charge in [0.25, 0.3) is 5.89 Å². The molecule has 0 fully saturated rings. The van der Waals surface area contributed by atoms with Crippen molar-refractivity contribution < 1.29 is 9.32 Å². The molecule has 0 aliphatic carbocycles. The van der Waals surface area contributed by atoms with E-state index in [1.165, 1.54) is 0 Å². The Bertz CT molecular complexity index is 879. The molecule has 1 heterocycles. The molecule has 0 bridgehead atoms. The van der Waals surface area contributed by atoms with Crippen LogP contribution < -0.4 is 11.1 Å². The van der Waals surface area contributed by atoms with Crippen LogP contribution in [0.2, 0.25) is 0 Å². The van der Waals surface area contributed by atoms with Gasteiger partial charge < -0.3 is 15.6 Å². The van der Waals surface area contributed by atoms with E-state index >= 15 is 0 Å². The lowest BCUT2D eigenvalue weighted by atomic mass is 10.1. The summed E-state index contributed by atoms with van der Waals surface area (Å²) >= 11 is 0. The summed E-state index contributed by atoms with van der Waals surface area (Å²) in [6.45, 7) is 4.50. The van der Waals surface area contributed by atoms with Gasteiger partial charge in [-0.25, -0.2) is 0 Å². The van der Waals surface area contributed by atoms with Crippen LogP contribution in [0.15, 0.2) is 59.1 Å². The highest BCUT2D eigenvalue weighted by molar-refractivity contribution is 5.85. The minimum Gasteiger partial charge on any atom is -0.341 e. The molecule has 0 saturated heterocycles. The molecule has 0 radical (unpaired) electrons. The first kappa shape index (κ1) is 21.6. The third-order valence-corrected chi connectivity index (χ3v) is 4.17. The fourth-order valence-corrected chi connectivity index (χ4v) is 2.78. The van der Waals surface area contributed by atoms with Crippen molar-refractivity contribution in [3.8, 4) is 11.4 Å². The average Bonchev–Trinajstić information content (AvgIpc) is 3.16. The number of carbonyl (C=O) groups is 1. The molecule has 6 nitrogen and oxygen atoms in total. The van der Waals surface area contributed by atoms with E-state index in [4.69, 9.17) is 10.3 Å². The van der Waals surface area contributed by atoms with Crippen molar-refractivity contribution in [3.63, 3.8) is 0 Å². The van der Waals surface area contributed by atoms with E-state index in [1.807, 2.05) is 68.4 Å². The maximum absolute atomic E-state index is 12.3. The molecule has 1 unspecified atom stereocenters. The van der Waals surface area contributed by atoms with Crippen molar-refractivity contribution in [3.05, 3.63) is 71.6 Å². The van der Waals surface area contributed by atoms with Gasteiger partial charge >= 0.3 is 0 Å². The maximum atomic E-state index is 12.3. The second-order valence-corrected chi connectivity index (χ2v) is 6.87. The number of rotatable bonds is 7. The third-order valence-electron chi connectivity index (χ3n) is 4.17. The molecular weight excluding hydrogens is 376 g/mol. The molecule has 3 aromatic rings. The first-order chi connectivity index (χ1) is 13.1. The smallest absolute Gasteiger partial charge is 0.254 e. The minimum absolute atomic E-state index is 0. The topological polar surface area (TPSA) is 94.0 Å². The molecule has 3 rings (SSSR count). The summed E-state index contributed by atoms with van der Waals surface area (Å²) in [5.41, 5.74) is 8.40. The number of nitrogens with two attached hydrogens (primary N) is 1. The van der Waals surface area contributed by atoms with Crippen molar-refractivity contribution in [1.29, 1.82) is 0 Å². The quantitative estimate of drug-likeness (QED) is 0.627. The molecule has 2 aromatic carbocycles. The Kier molecular flexibility index (Phi) is 7.72. The van der Waals surface area contributed by atoms with Crippen molar-refractivity contribution in [2.45, 2.75) is 32.9 Å². The van der Waals surface area contributed by atoms with Gasteiger partial charge in [-0.1, -0.05) is 73.6 Å². The van der Waals surface area contributed by atoms with Gasteiger partial charge in [-0.15, -0.1) is 12.4 Å². The zero-order chi connectivity index (χ0) is 19.2. The van der Waals surface area contributed by atoms with E-state index in [1.54, 1.807) is 0 Å². The first-order valence-electron chi connectivity index (χ1n) is 9.04. The molecule has 0 aliphatic heterocycles. The van der Waals surface area contributed by atoms with Crippen LogP contribution in [0.1, 0.15) is 43.3 Å². The summed E-state index contributed by atoms with van der Waals surface area (Å²) < 4.78 is 5.50. The largest absolute Gasteiger partial charge is 0.341 e. The molecule has 1 atom stereocenters. The summed E-state index contributed by atoms with van der Waals surface area (Å²) in [4.78, 5) is 16.9. The summed E-state index contributed by atoms with van der Waals surface area (Å²) in [5, 5.41) is 7.10. The van der Waals surface area contributed by atoms with E-state index in [-0.39, 0.29) is 24.2 Å². The molecule has 1 amide bonds. The highest BCUT2D eigenvalue weighted by Gasteiger charge is 2.23. The van der Waals surface area contributed by atoms with E-state index in [0.717, 1.165) is 16.7 Å². The third kappa shape index (κ3) is 5.41. The molecule has 1 aromatic heterocycles. The number of nitrogens with one attached hydrogen (secondary N) is 1. The Morgan fingerprint density at radius 2 is 1.79 bits per heavy atom. The molecular formula is C21H25ClN4O2. The Morgan fingerprint density at radius 1 is 1.11 bits per heavy atom. The number of aromatic nitrogens is 2. The minimum atomic E-state index is -0.484. The van der Waals surface area contributed by atoms with Gasteiger partial charge in [0.1, 0.15) is 6.04 Å². The van der Waals surface area contributed by atoms with Crippen LogP contribution in [0, 0.1) is 5.92 Å². The SMILES string of the molecule is CC(C)CC(=O)NC(c1ccccc1)c1nc(-c2ccc(CN)cc2)no1.Cl. The molecule has 148 valence electrons. The summed E-state index contributed by atoms with van der Waals surface area (Å²) in [5.74, 6) is 1.05. The van der Waals surface area contributed by atoms with Gasteiger partial charge in [0.05, 0.1) is 0 Å². The van der Waals surface area contributed by atoms with Gasteiger partial charge in [-0.2, -0.15) is 4.98 Å². The van der Waals surface area contributed by atoms with Crippen molar-refractivity contribution in [1.82, 2.24) is 15.5 Å². The number of halogens is 1. The normalized spacial score (nSPS) is 11.7. The van der Waals surface area contributed by atoms with Gasteiger partial charge in [0.2, 0.25) is 11.7 Å². The zero-order valence-corrected chi connectivity index (χ0v) is 16.8. The standard InChI is InChI=1S/C21H24N4O2.ClH/c1-14(2)12-18(26)23-19(16-6-4-3-5-7-16)21-24-20(25-27-21)17-10-8-15(13-22)9-11-17;/h3-11,14,19H,12-13,22H2,1-2H3,(H,23,26);1H. The number of carbonyl (C=O) groups excluding carboxylic acids is 1. The van der Waals surface area contributed by atoms with Crippen LogP contribution in [0.5, 0.6) is 0 Å². The first-order valence-corrected chi connectivity index (χ1v) is 9.04. The predicted octanol–water partition coefficient (Wildman–Crippen LogP) is 3.87. The van der Waals surface area contributed by atoms with Crippen LogP contribution in [-0.4, -0.2) is 16.0 Å².